The minimum absolute atomic E-state index is 0.210. The van der Waals surface area contributed by atoms with Gasteiger partial charge in [0.25, 0.3) is 0 Å². The Morgan fingerprint density at radius 1 is 1.50 bits per heavy atom. The molecule has 6 heteroatoms. The van der Waals surface area contributed by atoms with Gasteiger partial charge in [0.1, 0.15) is 6.61 Å². The lowest BCUT2D eigenvalue weighted by Gasteiger charge is -2.39. The van der Waals surface area contributed by atoms with Gasteiger partial charge in [-0.3, -0.25) is 4.79 Å². The Morgan fingerprint density at radius 2 is 2.20 bits per heavy atom. The molecule has 1 heterocycles. The van der Waals surface area contributed by atoms with E-state index < -0.39 is 18.1 Å². The van der Waals surface area contributed by atoms with E-state index in [1.54, 1.807) is 29.2 Å². The van der Waals surface area contributed by atoms with E-state index >= 15 is 0 Å². The lowest BCUT2D eigenvalue weighted by atomic mass is 9.97. The highest BCUT2D eigenvalue weighted by atomic mass is 35.5. The van der Waals surface area contributed by atoms with Crippen LogP contribution in [0.25, 0.3) is 0 Å². The van der Waals surface area contributed by atoms with E-state index in [9.17, 15) is 14.7 Å². The second kappa shape index (κ2) is 6.24. The molecule has 2 unspecified atom stereocenters. The van der Waals surface area contributed by atoms with Gasteiger partial charge in [0.05, 0.1) is 6.04 Å². The molecule has 2 atom stereocenters. The molecule has 0 spiro atoms. The maximum absolute atomic E-state index is 12.0. The first-order chi connectivity index (χ1) is 9.56. The molecule has 1 aromatic carbocycles. The minimum Gasteiger partial charge on any atom is -0.479 e. The smallest absolute Gasteiger partial charge is 0.335 e. The average molecular weight is 298 g/mol. The van der Waals surface area contributed by atoms with Gasteiger partial charge in [-0.15, -0.1) is 0 Å². The van der Waals surface area contributed by atoms with Crippen molar-refractivity contribution in [2.45, 2.75) is 25.5 Å². The number of carbonyl (C=O) groups is 2. The van der Waals surface area contributed by atoms with Crippen LogP contribution >= 0.6 is 11.6 Å². The number of morpholine rings is 1. The third-order valence-electron chi connectivity index (χ3n) is 3.26. The zero-order chi connectivity index (χ0) is 14.7. The lowest BCUT2D eigenvalue weighted by molar-refractivity contribution is -0.173. The van der Waals surface area contributed by atoms with Crippen LogP contribution in [0.15, 0.2) is 24.3 Å². The molecule has 108 valence electrons. The average Bonchev–Trinajstić information content (AvgIpc) is 2.41. The van der Waals surface area contributed by atoms with Gasteiger partial charge in [-0.25, -0.2) is 4.79 Å². The predicted octanol–water partition coefficient (Wildman–Crippen LogP) is 2.10. The highest BCUT2D eigenvalue weighted by molar-refractivity contribution is 6.31. The Kier molecular flexibility index (Phi) is 4.62. The molecule has 0 aromatic heterocycles. The zero-order valence-electron chi connectivity index (χ0n) is 11.1. The fourth-order valence-electron chi connectivity index (χ4n) is 2.41. The molecule has 1 aliphatic heterocycles. The molecule has 1 fully saturated rings. The van der Waals surface area contributed by atoms with Crippen LogP contribution in [0.5, 0.6) is 0 Å². The molecule has 2 rings (SSSR count). The molecular formula is C14H16ClNO4. The number of hydrogen-bond acceptors (Lipinski definition) is 3. The summed E-state index contributed by atoms with van der Waals surface area (Å²) in [5.74, 6) is -1.31. The van der Waals surface area contributed by atoms with Crippen LogP contribution < -0.4 is 0 Å². The maximum atomic E-state index is 12.0. The standard InChI is InChI=1S/C14H16ClNO4/c1-2-7-16-11(17)8-20-13(14(18)19)12(16)9-5-3-4-6-10(9)15/h3-6,12-13H,2,7-8H2,1H3,(H,18,19). The quantitative estimate of drug-likeness (QED) is 0.924. The topological polar surface area (TPSA) is 66.8 Å². The molecule has 1 aliphatic rings. The van der Waals surface area contributed by atoms with Crippen LogP contribution in [-0.4, -0.2) is 41.1 Å². The monoisotopic (exact) mass is 297 g/mol. The summed E-state index contributed by atoms with van der Waals surface area (Å²) in [7, 11) is 0. The van der Waals surface area contributed by atoms with Crippen molar-refractivity contribution >= 4 is 23.5 Å². The van der Waals surface area contributed by atoms with E-state index in [1.807, 2.05) is 6.92 Å². The van der Waals surface area contributed by atoms with Crippen LogP contribution in [0.4, 0.5) is 0 Å². The van der Waals surface area contributed by atoms with E-state index in [4.69, 9.17) is 16.3 Å². The van der Waals surface area contributed by atoms with Crippen molar-refractivity contribution in [3.05, 3.63) is 34.9 Å². The molecule has 5 nitrogen and oxygen atoms in total. The number of carbonyl (C=O) groups excluding carboxylic acids is 1. The molecule has 20 heavy (non-hydrogen) atoms. The Labute approximate surface area is 122 Å². The summed E-state index contributed by atoms with van der Waals surface area (Å²) in [6.07, 6.45) is -0.363. The number of nitrogens with zero attached hydrogens (tertiary/aromatic N) is 1. The number of carboxylic acid groups (broad SMARTS) is 1. The van der Waals surface area contributed by atoms with Gasteiger partial charge >= 0.3 is 5.97 Å². The summed E-state index contributed by atoms with van der Waals surface area (Å²) in [6, 6.07) is 6.25. The fraction of sp³-hybridized carbons (Fsp3) is 0.429. The molecule has 0 bridgehead atoms. The number of rotatable bonds is 4. The molecular weight excluding hydrogens is 282 g/mol. The number of halogens is 1. The normalized spacial score (nSPS) is 22.9. The van der Waals surface area contributed by atoms with Gasteiger partial charge in [-0.2, -0.15) is 0 Å². The van der Waals surface area contributed by atoms with Crippen molar-refractivity contribution in [1.82, 2.24) is 4.90 Å². The second-order valence-corrected chi connectivity index (χ2v) is 5.03. The molecule has 1 N–H and O–H groups in total. The van der Waals surface area contributed by atoms with Crippen LogP contribution in [0.1, 0.15) is 24.9 Å². The van der Waals surface area contributed by atoms with Crippen molar-refractivity contribution in [1.29, 1.82) is 0 Å². The fourth-order valence-corrected chi connectivity index (χ4v) is 2.66. The van der Waals surface area contributed by atoms with E-state index in [-0.39, 0.29) is 12.5 Å². The minimum atomic E-state index is -1.10. The predicted molar refractivity (Wildman–Crippen MR) is 73.6 cm³/mol. The van der Waals surface area contributed by atoms with Crippen LogP contribution in [0, 0.1) is 0 Å². The SMILES string of the molecule is CCCN1C(=O)COC(C(=O)O)C1c1ccccc1Cl. The summed E-state index contributed by atoms with van der Waals surface area (Å²) in [5, 5.41) is 9.76. The van der Waals surface area contributed by atoms with Gasteiger partial charge in [0.2, 0.25) is 5.91 Å². The summed E-state index contributed by atoms with van der Waals surface area (Å²) >= 11 is 6.15. The number of aliphatic carboxylic acids is 1. The van der Waals surface area contributed by atoms with Gasteiger partial charge in [-0.1, -0.05) is 36.7 Å². The van der Waals surface area contributed by atoms with Gasteiger partial charge < -0.3 is 14.7 Å². The van der Waals surface area contributed by atoms with Crippen LogP contribution in [-0.2, 0) is 14.3 Å². The number of amides is 1. The molecule has 1 aromatic rings. The zero-order valence-corrected chi connectivity index (χ0v) is 11.8. The molecule has 0 aliphatic carbocycles. The number of carboxylic acids is 1. The first-order valence-electron chi connectivity index (χ1n) is 6.44. The number of hydrogen-bond donors (Lipinski definition) is 1. The number of benzene rings is 1. The van der Waals surface area contributed by atoms with E-state index in [0.29, 0.717) is 17.1 Å². The Morgan fingerprint density at radius 3 is 2.80 bits per heavy atom. The first-order valence-corrected chi connectivity index (χ1v) is 6.82. The molecule has 0 radical (unpaired) electrons. The van der Waals surface area contributed by atoms with Crippen molar-refractivity contribution in [2.24, 2.45) is 0 Å². The van der Waals surface area contributed by atoms with Crippen LogP contribution in [0.3, 0.4) is 0 Å². The third kappa shape index (κ3) is 2.78. The van der Waals surface area contributed by atoms with E-state index in [0.717, 1.165) is 6.42 Å². The number of ether oxygens (including phenoxy) is 1. The molecule has 1 amide bonds. The largest absolute Gasteiger partial charge is 0.479 e. The highest BCUT2D eigenvalue weighted by Crippen LogP contribution is 2.34. The van der Waals surface area contributed by atoms with Crippen molar-refractivity contribution in [2.75, 3.05) is 13.2 Å². The molecule has 0 saturated carbocycles. The van der Waals surface area contributed by atoms with Crippen molar-refractivity contribution in [3.8, 4) is 0 Å². The summed E-state index contributed by atoms with van der Waals surface area (Å²) in [4.78, 5) is 25.0. The highest BCUT2D eigenvalue weighted by Gasteiger charge is 2.42. The van der Waals surface area contributed by atoms with E-state index in [2.05, 4.69) is 0 Å². The van der Waals surface area contributed by atoms with Gasteiger partial charge in [0, 0.05) is 11.6 Å². The second-order valence-electron chi connectivity index (χ2n) is 4.62. The lowest BCUT2D eigenvalue weighted by Crippen LogP contribution is -2.52. The summed E-state index contributed by atoms with van der Waals surface area (Å²) in [5.41, 5.74) is 0.600. The third-order valence-corrected chi connectivity index (χ3v) is 3.61. The summed E-state index contributed by atoms with van der Waals surface area (Å²) in [6.45, 7) is 2.20. The Hall–Kier alpha value is -1.59. The van der Waals surface area contributed by atoms with Crippen molar-refractivity contribution in [3.63, 3.8) is 0 Å². The van der Waals surface area contributed by atoms with E-state index in [1.165, 1.54) is 0 Å². The Balaban J connectivity index is 2.46. The van der Waals surface area contributed by atoms with Crippen LogP contribution in [0.2, 0.25) is 5.02 Å². The summed E-state index contributed by atoms with van der Waals surface area (Å²) < 4.78 is 5.20. The van der Waals surface area contributed by atoms with Crippen molar-refractivity contribution < 1.29 is 19.4 Å². The first kappa shape index (κ1) is 14.8. The van der Waals surface area contributed by atoms with Gasteiger partial charge in [-0.05, 0) is 18.1 Å². The Bertz CT molecular complexity index is 520. The maximum Gasteiger partial charge on any atom is 0.335 e. The van der Waals surface area contributed by atoms with Gasteiger partial charge in [0.15, 0.2) is 6.10 Å². The molecule has 1 saturated heterocycles.